The lowest BCUT2D eigenvalue weighted by Gasteiger charge is -2.10. The molecule has 0 unspecified atom stereocenters. The number of nitrogens with zero attached hydrogens (tertiary/aromatic N) is 1. The molecule has 0 bridgehead atoms. The number of primary amides is 1. The van der Waals surface area contributed by atoms with E-state index in [0.29, 0.717) is 5.75 Å². The molecule has 1 aromatic carbocycles. The van der Waals surface area contributed by atoms with Gasteiger partial charge in [-0.15, -0.1) is 0 Å². The first-order valence-electron chi connectivity index (χ1n) is 4.89. The van der Waals surface area contributed by atoms with Gasteiger partial charge in [0.25, 0.3) is 0 Å². The Morgan fingerprint density at radius 1 is 1.24 bits per heavy atom. The van der Waals surface area contributed by atoms with Crippen LogP contribution >= 0.6 is 0 Å². The Morgan fingerprint density at radius 2 is 1.82 bits per heavy atom. The highest BCUT2D eigenvalue weighted by atomic mass is 16.6. The van der Waals surface area contributed by atoms with E-state index in [-0.39, 0.29) is 6.61 Å². The lowest BCUT2D eigenvalue weighted by atomic mass is 10.2. The summed E-state index contributed by atoms with van der Waals surface area (Å²) >= 11 is 0. The van der Waals surface area contributed by atoms with Crippen LogP contribution < -0.4 is 10.5 Å². The number of carbonyl (C=O) groups excluding carboxylic acids is 2. The van der Waals surface area contributed by atoms with E-state index in [1.165, 1.54) is 4.90 Å². The molecule has 0 saturated heterocycles. The fourth-order valence-electron chi connectivity index (χ4n) is 1.00. The number of carbonyl (C=O) groups is 2. The second-order valence-electron chi connectivity index (χ2n) is 3.51. The molecule has 17 heavy (non-hydrogen) atoms. The highest BCUT2D eigenvalue weighted by Gasteiger charge is 2.06. The van der Waals surface area contributed by atoms with E-state index < -0.39 is 12.2 Å². The van der Waals surface area contributed by atoms with Gasteiger partial charge in [0.15, 0.2) is 0 Å². The van der Waals surface area contributed by atoms with Gasteiger partial charge in [0.05, 0.1) is 0 Å². The Hall–Kier alpha value is -2.24. The monoisotopic (exact) mass is 238 g/mol. The summed E-state index contributed by atoms with van der Waals surface area (Å²) in [4.78, 5) is 22.9. The van der Waals surface area contributed by atoms with Gasteiger partial charge < -0.3 is 20.1 Å². The van der Waals surface area contributed by atoms with Gasteiger partial charge >= 0.3 is 12.2 Å². The fraction of sp³-hybridized carbons (Fsp3) is 0.273. The molecule has 1 aromatic rings. The molecule has 0 aromatic heterocycles. The standard InChI is InChI=1S/C11H14N2O4/c1-13(2)11(15)17-9-5-3-8(4-6-9)7-16-10(12)14/h3-6H,7H2,1-2H3,(H2,12,14). The van der Waals surface area contributed by atoms with Crippen molar-refractivity contribution < 1.29 is 19.1 Å². The minimum atomic E-state index is -0.826. The predicted molar refractivity (Wildman–Crippen MR) is 60.5 cm³/mol. The van der Waals surface area contributed by atoms with Crippen LogP contribution in [0.4, 0.5) is 9.59 Å². The molecule has 0 spiro atoms. The molecule has 0 fully saturated rings. The van der Waals surface area contributed by atoms with Gasteiger partial charge in [0.2, 0.25) is 0 Å². The molecule has 0 aliphatic carbocycles. The average molecular weight is 238 g/mol. The topological polar surface area (TPSA) is 81.9 Å². The third-order valence-electron chi connectivity index (χ3n) is 1.87. The minimum absolute atomic E-state index is 0.0945. The molecule has 0 radical (unpaired) electrons. The summed E-state index contributed by atoms with van der Waals surface area (Å²) in [6.07, 6.45) is -1.28. The van der Waals surface area contributed by atoms with Crippen molar-refractivity contribution in [1.82, 2.24) is 4.90 Å². The number of hydrogen-bond acceptors (Lipinski definition) is 4. The van der Waals surface area contributed by atoms with Crippen molar-refractivity contribution in [2.75, 3.05) is 14.1 Å². The van der Waals surface area contributed by atoms with E-state index in [0.717, 1.165) is 5.56 Å². The first kappa shape index (κ1) is 12.8. The Morgan fingerprint density at radius 3 is 2.29 bits per heavy atom. The maximum Gasteiger partial charge on any atom is 0.414 e. The van der Waals surface area contributed by atoms with Crippen molar-refractivity contribution >= 4 is 12.2 Å². The largest absolute Gasteiger partial charge is 0.445 e. The van der Waals surface area contributed by atoms with Crippen LogP contribution in [0, 0.1) is 0 Å². The molecule has 6 heteroatoms. The Kier molecular flexibility index (Phi) is 4.33. The first-order valence-corrected chi connectivity index (χ1v) is 4.89. The second kappa shape index (κ2) is 5.74. The van der Waals surface area contributed by atoms with Gasteiger partial charge in [0, 0.05) is 14.1 Å². The molecule has 2 amide bonds. The van der Waals surface area contributed by atoms with Crippen molar-refractivity contribution in [3.63, 3.8) is 0 Å². The number of amides is 2. The van der Waals surface area contributed by atoms with Crippen LogP contribution in [-0.2, 0) is 11.3 Å². The molecule has 0 heterocycles. The van der Waals surface area contributed by atoms with Crippen LogP contribution in [0.5, 0.6) is 5.75 Å². The summed E-state index contributed by atoms with van der Waals surface area (Å²) in [5.74, 6) is 0.423. The summed E-state index contributed by atoms with van der Waals surface area (Å²) in [5.41, 5.74) is 5.59. The van der Waals surface area contributed by atoms with Crippen LogP contribution in [0.2, 0.25) is 0 Å². The fourth-order valence-corrected chi connectivity index (χ4v) is 1.00. The second-order valence-corrected chi connectivity index (χ2v) is 3.51. The molecule has 92 valence electrons. The number of rotatable bonds is 3. The minimum Gasteiger partial charge on any atom is -0.445 e. The summed E-state index contributed by atoms with van der Waals surface area (Å²) in [6, 6.07) is 6.59. The van der Waals surface area contributed by atoms with Crippen molar-refractivity contribution in [3.05, 3.63) is 29.8 Å². The Labute approximate surface area is 98.9 Å². The quantitative estimate of drug-likeness (QED) is 0.861. The normalized spacial score (nSPS) is 9.53. The zero-order valence-corrected chi connectivity index (χ0v) is 9.67. The van der Waals surface area contributed by atoms with Crippen molar-refractivity contribution in [3.8, 4) is 5.75 Å². The van der Waals surface area contributed by atoms with Crippen LogP contribution in [0.3, 0.4) is 0 Å². The Balaban J connectivity index is 2.56. The summed E-state index contributed by atoms with van der Waals surface area (Å²) < 4.78 is 9.62. The molecule has 0 saturated carbocycles. The van der Waals surface area contributed by atoms with Crippen LogP contribution in [-0.4, -0.2) is 31.2 Å². The molecule has 0 atom stereocenters. The van der Waals surface area contributed by atoms with Crippen LogP contribution in [0.15, 0.2) is 24.3 Å². The van der Waals surface area contributed by atoms with Gasteiger partial charge in [-0.05, 0) is 17.7 Å². The van der Waals surface area contributed by atoms with Gasteiger partial charge in [0.1, 0.15) is 12.4 Å². The molecule has 0 aliphatic heterocycles. The lowest BCUT2D eigenvalue weighted by Crippen LogP contribution is -2.25. The SMILES string of the molecule is CN(C)C(=O)Oc1ccc(COC(N)=O)cc1. The summed E-state index contributed by atoms with van der Waals surface area (Å²) in [5, 5.41) is 0. The van der Waals surface area contributed by atoms with E-state index in [4.69, 9.17) is 10.5 Å². The first-order chi connectivity index (χ1) is 7.99. The summed E-state index contributed by atoms with van der Waals surface area (Å²) in [7, 11) is 3.19. The van der Waals surface area contributed by atoms with Crippen molar-refractivity contribution in [2.24, 2.45) is 5.73 Å². The molecule has 0 aliphatic rings. The van der Waals surface area contributed by atoms with Crippen molar-refractivity contribution in [1.29, 1.82) is 0 Å². The van der Waals surface area contributed by atoms with Crippen LogP contribution in [0.1, 0.15) is 5.56 Å². The maximum atomic E-state index is 11.2. The molecular weight excluding hydrogens is 224 g/mol. The van der Waals surface area contributed by atoms with E-state index >= 15 is 0 Å². The zero-order chi connectivity index (χ0) is 12.8. The van der Waals surface area contributed by atoms with E-state index in [9.17, 15) is 9.59 Å². The highest BCUT2D eigenvalue weighted by Crippen LogP contribution is 2.13. The molecular formula is C11H14N2O4. The zero-order valence-electron chi connectivity index (χ0n) is 9.67. The number of nitrogens with two attached hydrogens (primary N) is 1. The molecule has 2 N–H and O–H groups in total. The smallest absolute Gasteiger partial charge is 0.414 e. The van der Waals surface area contributed by atoms with Crippen molar-refractivity contribution in [2.45, 2.75) is 6.61 Å². The van der Waals surface area contributed by atoms with E-state index in [1.54, 1.807) is 38.4 Å². The van der Waals surface area contributed by atoms with Gasteiger partial charge in [-0.3, -0.25) is 0 Å². The lowest BCUT2D eigenvalue weighted by molar-refractivity contribution is 0.150. The van der Waals surface area contributed by atoms with E-state index in [2.05, 4.69) is 4.74 Å². The number of benzene rings is 1. The predicted octanol–water partition coefficient (Wildman–Crippen LogP) is 1.34. The highest BCUT2D eigenvalue weighted by molar-refractivity contribution is 5.69. The maximum absolute atomic E-state index is 11.2. The molecule has 1 rings (SSSR count). The van der Waals surface area contributed by atoms with Gasteiger partial charge in [-0.2, -0.15) is 0 Å². The Bertz CT molecular complexity index is 400. The third-order valence-corrected chi connectivity index (χ3v) is 1.87. The average Bonchev–Trinajstić information content (AvgIpc) is 2.28. The van der Waals surface area contributed by atoms with Crippen LogP contribution in [0.25, 0.3) is 0 Å². The summed E-state index contributed by atoms with van der Waals surface area (Å²) in [6.45, 7) is 0.0945. The van der Waals surface area contributed by atoms with E-state index in [1.807, 2.05) is 0 Å². The number of ether oxygens (including phenoxy) is 2. The molecule has 6 nitrogen and oxygen atoms in total. The van der Waals surface area contributed by atoms with Gasteiger partial charge in [-0.1, -0.05) is 12.1 Å². The third kappa shape index (κ3) is 4.42. The van der Waals surface area contributed by atoms with Gasteiger partial charge in [-0.25, -0.2) is 9.59 Å². The number of hydrogen-bond donors (Lipinski definition) is 1.